The van der Waals surface area contributed by atoms with Crippen LogP contribution in [0.3, 0.4) is 0 Å². The van der Waals surface area contributed by atoms with E-state index in [1.165, 1.54) is 9.08 Å². The predicted octanol–water partition coefficient (Wildman–Crippen LogP) is 3.72. The quantitative estimate of drug-likeness (QED) is 0.303. The van der Waals surface area contributed by atoms with Crippen LogP contribution >= 0.6 is 0 Å². The van der Waals surface area contributed by atoms with Gasteiger partial charge in [0.25, 0.3) is 5.91 Å². The van der Waals surface area contributed by atoms with E-state index >= 15 is 0 Å². The van der Waals surface area contributed by atoms with Crippen molar-refractivity contribution in [3.63, 3.8) is 0 Å². The van der Waals surface area contributed by atoms with E-state index < -0.39 is 5.91 Å². The number of aromatic nitrogens is 4. The minimum atomic E-state index is -0.505. The van der Waals surface area contributed by atoms with Gasteiger partial charge in [-0.2, -0.15) is 5.26 Å². The topological polar surface area (TPSA) is 106 Å². The minimum absolute atomic E-state index is 0.00313. The molecule has 0 aliphatic rings. The van der Waals surface area contributed by atoms with Gasteiger partial charge in [0, 0.05) is 30.4 Å². The van der Waals surface area contributed by atoms with Gasteiger partial charge in [-0.05, 0) is 68.3 Å². The molecule has 9 nitrogen and oxygen atoms in total. The highest BCUT2D eigenvalue weighted by molar-refractivity contribution is 6.09. The second-order valence-corrected chi connectivity index (χ2v) is 8.69. The van der Waals surface area contributed by atoms with E-state index in [2.05, 4.69) is 21.9 Å². The van der Waals surface area contributed by atoms with Crippen molar-refractivity contribution in [2.45, 2.75) is 33.4 Å². The fourth-order valence-electron chi connectivity index (χ4n) is 4.44. The lowest BCUT2D eigenvalue weighted by atomic mass is 10.1. The number of fused-ring (bicyclic) bond motifs is 1. The van der Waals surface area contributed by atoms with Crippen LogP contribution in [-0.2, 0) is 16.1 Å². The van der Waals surface area contributed by atoms with Crippen LogP contribution in [0.1, 0.15) is 35.5 Å². The zero-order chi connectivity index (χ0) is 25.8. The van der Waals surface area contributed by atoms with E-state index in [-0.39, 0.29) is 23.8 Å². The first-order valence-electron chi connectivity index (χ1n) is 11.6. The van der Waals surface area contributed by atoms with Gasteiger partial charge in [0.05, 0.1) is 19.2 Å². The van der Waals surface area contributed by atoms with Crippen LogP contribution in [0, 0.1) is 25.2 Å². The van der Waals surface area contributed by atoms with Crippen molar-refractivity contribution in [3.8, 4) is 6.07 Å². The zero-order valence-electron chi connectivity index (χ0n) is 20.7. The molecule has 36 heavy (non-hydrogen) atoms. The highest BCUT2D eigenvalue weighted by Crippen LogP contribution is 2.23. The van der Waals surface area contributed by atoms with Gasteiger partial charge in [-0.1, -0.05) is 18.2 Å². The summed E-state index contributed by atoms with van der Waals surface area (Å²) in [5, 5.41) is 16.8. The lowest BCUT2D eigenvalue weighted by molar-refractivity contribution is -0.112. The zero-order valence-corrected chi connectivity index (χ0v) is 20.7. The number of pyridine rings is 1. The van der Waals surface area contributed by atoms with Gasteiger partial charge in [0.2, 0.25) is 0 Å². The first-order chi connectivity index (χ1) is 17.3. The summed E-state index contributed by atoms with van der Waals surface area (Å²) >= 11 is 0. The Morgan fingerprint density at radius 2 is 2.03 bits per heavy atom. The van der Waals surface area contributed by atoms with Gasteiger partial charge in [-0.25, -0.2) is 9.48 Å². The van der Waals surface area contributed by atoms with Gasteiger partial charge in [-0.15, -0.1) is 5.10 Å². The number of carbonyl (C=O) groups excluding carboxylic acids is 1. The molecule has 0 bridgehead atoms. The first kappa shape index (κ1) is 24.7. The molecule has 3 aromatic heterocycles. The van der Waals surface area contributed by atoms with E-state index in [1.54, 1.807) is 49.7 Å². The Morgan fingerprint density at radius 3 is 2.75 bits per heavy atom. The van der Waals surface area contributed by atoms with Gasteiger partial charge < -0.3 is 14.6 Å². The van der Waals surface area contributed by atoms with Crippen molar-refractivity contribution >= 4 is 23.3 Å². The summed E-state index contributed by atoms with van der Waals surface area (Å²) in [7, 11) is 1.66. The average Bonchev–Trinajstić information content (AvgIpc) is 3.32. The lowest BCUT2D eigenvalue weighted by Crippen LogP contribution is -2.21. The van der Waals surface area contributed by atoms with Gasteiger partial charge in [-0.3, -0.25) is 9.20 Å². The van der Waals surface area contributed by atoms with Crippen LogP contribution < -0.4 is 11.0 Å². The highest BCUT2D eigenvalue weighted by Gasteiger charge is 2.16. The largest absolute Gasteiger partial charge is 0.383 e. The van der Waals surface area contributed by atoms with E-state index in [1.807, 2.05) is 38.1 Å². The molecule has 0 aliphatic heterocycles. The molecule has 0 aliphatic carbocycles. The molecule has 0 fully saturated rings. The molecule has 0 saturated carbocycles. The van der Waals surface area contributed by atoms with Crippen molar-refractivity contribution in [3.05, 3.63) is 93.3 Å². The number of aryl methyl sites for hydroxylation is 1. The number of nitrogens with zero attached hydrogens (tertiary/aromatic N) is 5. The number of methoxy groups -OCH3 is 1. The maximum Gasteiger partial charge on any atom is 0.350 e. The van der Waals surface area contributed by atoms with Crippen LogP contribution in [-0.4, -0.2) is 38.4 Å². The predicted molar refractivity (Wildman–Crippen MR) is 138 cm³/mol. The molecule has 1 unspecified atom stereocenters. The van der Waals surface area contributed by atoms with Crippen LogP contribution in [0.15, 0.2) is 65.1 Å². The lowest BCUT2D eigenvalue weighted by Gasteiger charge is -2.17. The smallest absolute Gasteiger partial charge is 0.350 e. The Labute approximate surface area is 208 Å². The number of hydrogen-bond acceptors (Lipinski definition) is 5. The fraction of sp³-hybridized carbons (Fsp3) is 0.259. The number of ether oxygens (including phenoxy) is 1. The summed E-state index contributed by atoms with van der Waals surface area (Å²) in [6.45, 7) is 6.81. The molecule has 9 heteroatoms. The van der Waals surface area contributed by atoms with Gasteiger partial charge >= 0.3 is 5.69 Å². The molecule has 4 aromatic rings. The molecule has 1 amide bonds. The van der Waals surface area contributed by atoms with Crippen molar-refractivity contribution in [2.75, 3.05) is 19.0 Å². The number of carbonyl (C=O) groups is 1. The van der Waals surface area contributed by atoms with E-state index in [0.29, 0.717) is 17.9 Å². The van der Waals surface area contributed by atoms with Crippen LogP contribution in [0.5, 0.6) is 0 Å². The minimum Gasteiger partial charge on any atom is -0.383 e. The summed E-state index contributed by atoms with van der Waals surface area (Å²) < 4.78 is 10.3. The van der Waals surface area contributed by atoms with Crippen molar-refractivity contribution in [1.82, 2.24) is 18.7 Å². The Balaban J connectivity index is 1.54. The summed E-state index contributed by atoms with van der Waals surface area (Å²) in [4.78, 5) is 25.5. The van der Waals surface area contributed by atoms with Crippen molar-refractivity contribution in [2.24, 2.45) is 0 Å². The monoisotopic (exact) mass is 484 g/mol. The molecule has 3 heterocycles. The molecule has 0 spiro atoms. The van der Waals surface area contributed by atoms with Crippen LogP contribution in [0.4, 0.5) is 5.69 Å². The van der Waals surface area contributed by atoms with Crippen LogP contribution in [0.2, 0.25) is 0 Å². The number of anilines is 1. The number of nitriles is 1. The summed E-state index contributed by atoms with van der Waals surface area (Å²) in [6.07, 6.45) is 3.27. The van der Waals surface area contributed by atoms with E-state index in [0.717, 1.165) is 22.5 Å². The average molecular weight is 485 g/mol. The second kappa shape index (κ2) is 10.5. The number of hydrogen-bond donors (Lipinski definition) is 1. The Morgan fingerprint density at radius 1 is 1.22 bits per heavy atom. The van der Waals surface area contributed by atoms with Gasteiger partial charge in [0.1, 0.15) is 11.6 Å². The molecule has 0 saturated heterocycles. The summed E-state index contributed by atoms with van der Waals surface area (Å²) in [5.41, 5.74) is 4.41. The summed E-state index contributed by atoms with van der Waals surface area (Å²) in [5.74, 6) is -0.505. The molecule has 1 aromatic carbocycles. The maximum atomic E-state index is 12.9. The second-order valence-electron chi connectivity index (χ2n) is 8.69. The maximum absolute atomic E-state index is 12.9. The third-order valence-electron chi connectivity index (χ3n) is 6.04. The van der Waals surface area contributed by atoms with Crippen molar-refractivity contribution in [1.29, 1.82) is 5.26 Å². The van der Waals surface area contributed by atoms with Gasteiger partial charge in [0.15, 0.2) is 5.65 Å². The Kier molecular flexibility index (Phi) is 7.17. The van der Waals surface area contributed by atoms with E-state index in [4.69, 9.17) is 4.74 Å². The molecular weight excluding hydrogens is 456 g/mol. The van der Waals surface area contributed by atoms with Crippen LogP contribution in [0.25, 0.3) is 11.7 Å². The van der Waals surface area contributed by atoms with E-state index in [9.17, 15) is 14.9 Å². The number of rotatable bonds is 8. The SMILES string of the molecule is COCC(C)n1c(C)cc(/C=C(\C#N)C(=O)Nc2cccc(Cn3nc4ccccn4c3=O)c2)c1C. The highest BCUT2D eigenvalue weighted by atomic mass is 16.5. The number of nitrogens with one attached hydrogen (secondary N) is 1. The number of benzene rings is 1. The first-order valence-corrected chi connectivity index (χ1v) is 11.6. The molecule has 1 atom stereocenters. The molecule has 4 rings (SSSR count). The summed E-state index contributed by atoms with van der Waals surface area (Å²) in [6, 6.07) is 16.6. The molecular formula is C27H28N6O3. The Bertz CT molecular complexity index is 1550. The molecule has 0 radical (unpaired) electrons. The normalized spacial score (nSPS) is 12.5. The Hall–Kier alpha value is -4.42. The molecule has 184 valence electrons. The fourth-order valence-corrected chi connectivity index (χ4v) is 4.44. The third-order valence-corrected chi connectivity index (χ3v) is 6.04. The standard InChI is InChI=1S/C27H28N6O3/c1-18-12-22(20(3)33(18)19(2)17-36-4)14-23(15-28)26(34)29-24-9-7-8-21(13-24)16-32-27(35)31-11-6-5-10-25(31)30-32/h5-14,19H,16-17H2,1-4H3,(H,29,34)/b23-14+. The molecule has 1 N–H and O–H groups in total. The van der Waals surface area contributed by atoms with Crippen molar-refractivity contribution < 1.29 is 9.53 Å². The number of amides is 1. The third kappa shape index (κ3) is 4.99.